The Balaban J connectivity index is 1.61. The number of aromatic nitrogens is 2. The van der Waals surface area contributed by atoms with Crippen molar-refractivity contribution in [2.75, 3.05) is 6.54 Å². The molecule has 1 aromatic heterocycles. The normalized spacial score (nSPS) is 12.3. The van der Waals surface area contributed by atoms with Crippen LogP contribution in [0.2, 0.25) is 0 Å². The molecule has 0 bridgehead atoms. The summed E-state index contributed by atoms with van der Waals surface area (Å²) in [7, 11) is 0. The van der Waals surface area contributed by atoms with Gasteiger partial charge in [-0.1, -0.05) is 36.4 Å². The summed E-state index contributed by atoms with van der Waals surface area (Å²) in [6, 6.07) is 13.5. The molecule has 2 aromatic carbocycles. The van der Waals surface area contributed by atoms with E-state index in [4.69, 9.17) is 0 Å². The fraction of sp³-hybridized carbons (Fsp3) is 0.176. The number of fused-ring (bicyclic) bond motifs is 1. The zero-order chi connectivity index (χ0) is 16.2. The van der Waals surface area contributed by atoms with Gasteiger partial charge in [-0.15, -0.1) is 0 Å². The maximum atomic E-state index is 13.6. The van der Waals surface area contributed by atoms with Gasteiger partial charge in [0, 0.05) is 17.5 Å². The second-order valence-electron chi connectivity index (χ2n) is 5.20. The molecule has 3 aromatic rings. The second-order valence-corrected chi connectivity index (χ2v) is 5.20. The van der Waals surface area contributed by atoms with Crippen molar-refractivity contribution in [1.29, 1.82) is 0 Å². The fourth-order valence-corrected chi connectivity index (χ4v) is 2.41. The first-order valence-corrected chi connectivity index (χ1v) is 7.25. The molecule has 23 heavy (non-hydrogen) atoms. The van der Waals surface area contributed by atoms with Crippen LogP contribution in [0.3, 0.4) is 0 Å². The Labute approximate surface area is 132 Å². The highest BCUT2D eigenvalue weighted by Gasteiger charge is 2.14. The molecule has 0 radical (unpaired) electrons. The van der Waals surface area contributed by atoms with Gasteiger partial charge in [-0.3, -0.25) is 9.48 Å². The minimum Gasteiger partial charge on any atom is -0.386 e. The van der Waals surface area contributed by atoms with Gasteiger partial charge in [0.25, 0.3) is 0 Å². The number of halogens is 1. The molecule has 0 saturated carbocycles. The van der Waals surface area contributed by atoms with Crippen LogP contribution in [0.15, 0.2) is 54.7 Å². The lowest BCUT2D eigenvalue weighted by atomic mass is 10.1. The van der Waals surface area contributed by atoms with E-state index >= 15 is 0 Å². The standard InChI is InChI=1S/C17H16FN3O2/c18-14-7-3-2-6-13(14)16(22)10-19-17(23)11-21-15-8-4-1-5-12(15)9-20-21/h1-9,16,22H,10-11H2,(H,19,23). The number of benzene rings is 2. The van der Waals surface area contributed by atoms with Crippen molar-refractivity contribution in [1.82, 2.24) is 15.1 Å². The maximum Gasteiger partial charge on any atom is 0.241 e. The topological polar surface area (TPSA) is 67.2 Å². The van der Waals surface area contributed by atoms with Crippen LogP contribution in [0, 0.1) is 5.82 Å². The number of carbonyl (C=O) groups is 1. The van der Waals surface area contributed by atoms with Gasteiger partial charge in [0.2, 0.25) is 5.91 Å². The first-order chi connectivity index (χ1) is 11.1. The van der Waals surface area contributed by atoms with Crippen molar-refractivity contribution in [3.8, 4) is 0 Å². The molecule has 6 heteroatoms. The Kier molecular flexibility index (Phi) is 4.34. The first kappa shape index (κ1) is 15.2. The fourth-order valence-electron chi connectivity index (χ4n) is 2.41. The Morgan fingerprint density at radius 1 is 1.22 bits per heavy atom. The summed E-state index contributed by atoms with van der Waals surface area (Å²) in [4.78, 5) is 12.0. The number of amides is 1. The molecule has 1 unspecified atom stereocenters. The number of hydrogen-bond acceptors (Lipinski definition) is 3. The van der Waals surface area contributed by atoms with Crippen molar-refractivity contribution < 1.29 is 14.3 Å². The zero-order valence-electron chi connectivity index (χ0n) is 12.3. The van der Waals surface area contributed by atoms with Gasteiger partial charge in [-0.2, -0.15) is 5.10 Å². The van der Waals surface area contributed by atoms with E-state index < -0.39 is 11.9 Å². The third kappa shape index (κ3) is 3.37. The third-order valence-electron chi connectivity index (χ3n) is 3.60. The summed E-state index contributed by atoms with van der Waals surface area (Å²) < 4.78 is 15.1. The van der Waals surface area contributed by atoms with E-state index in [0.29, 0.717) is 0 Å². The minimum atomic E-state index is -1.09. The zero-order valence-corrected chi connectivity index (χ0v) is 12.3. The van der Waals surface area contributed by atoms with Crippen LogP contribution < -0.4 is 5.32 Å². The quantitative estimate of drug-likeness (QED) is 0.757. The summed E-state index contributed by atoms with van der Waals surface area (Å²) in [5.74, 6) is -0.790. The smallest absolute Gasteiger partial charge is 0.241 e. The van der Waals surface area contributed by atoms with Crippen LogP contribution >= 0.6 is 0 Å². The lowest BCUT2D eigenvalue weighted by Crippen LogP contribution is -2.31. The van der Waals surface area contributed by atoms with Gasteiger partial charge in [0.05, 0.1) is 17.8 Å². The average molecular weight is 313 g/mol. The summed E-state index contributed by atoms with van der Waals surface area (Å²) in [5.41, 5.74) is 1.02. The summed E-state index contributed by atoms with van der Waals surface area (Å²) in [6.45, 7) is -0.0174. The molecule has 0 aliphatic heterocycles. The SMILES string of the molecule is O=C(Cn1ncc2ccccc21)NCC(O)c1ccccc1F. The van der Waals surface area contributed by atoms with Crippen molar-refractivity contribution in [3.05, 3.63) is 66.1 Å². The largest absolute Gasteiger partial charge is 0.386 e. The highest BCUT2D eigenvalue weighted by molar-refractivity contribution is 5.81. The highest BCUT2D eigenvalue weighted by Crippen LogP contribution is 2.16. The average Bonchev–Trinajstić information content (AvgIpc) is 2.96. The van der Waals surface area contributed by atoms with Crippen LogP contribution in [-0.4, -0.2) is 27.3 Å². The van der Waals surface area contributed by atoms with Crippen LogP contribution in [0.5, 0.6) is 0 Å². The predicted octanol–water partition coefficient (Wildman–Crippen LogP) is 2.03. The molecule has 3 rings (SSSR count). The Hall–Kier alpha value is -2.73. The molecule has 5 nitrogen and oxygen atoms in total. The Bertz CT molecular complexity index is 831. The van der Waals surface area contributed by atoms with Crippen molar-refractivity contribution in [3.63, 3.8) is 0 Å². The van der Waals surface area contributed by atoms with Crippen LogP contribution in [0.25, 0.3) is 10.9 Å². The molecule has 0 spiro atoms. The number of aliphatic hydroxyl groups is 1. The number of nitrogens with zero attached hydrogens (tertiary/aromatic N) is 2. The molecule has 2 N–H and O–H groups in total. The molecule has 0 aliphatic rings. The van der Waals surface area contributed by atoms with Crippen molar-refractivity contribution >= 4 is 16.8 Å². The van der Waals surface area contributed by atoms with Gasteiger partial charge in [0.15, 0.2) is 0 Å². The molecule has 1 heterocycles. The Morgan fingerprint density at radius 2 is 1.96 bits per heavy atom. The van der Waals surface area contributed by atoms with Gasteiger partial charge in [-0.25, -0.2) is 4.39 Å². The van der Waals surface area contributed by atoms with E-state index in [9.17, 15) is 14.3 Å². The minimum absolute atomic E-state index is 0.0392. The van der Waals surface area contributed by atoms with E-state index in [1.165, 1.54) is 12.1 Å². The number of para-hydroxylation sites is 1. The molecule has 1 atom stereocenters. The molecule has 0 saturated heterocycles. The van der Waals surface area contributed by atoms with Gasteiger partial charge in [0.1, 0.15) is 12.4 Å². The van der Waals surface area contributed by atoms with Gasteiger partial charge < -0.3 is 10.4 Å². The molecule has 0 aliphatic carbocycles. The third-order valence-corrected chi connectivity index (χ3v) is 3.60. The van der Waals surface area contributed by atoms with Crippen LogP contribution in [-0.2, 0) is 11.3 Å². The van der Waals surface area contributed by atoms with Gasteiger partial charge >= 0.3 is 0 Å². The Morgan fingerprint density at radius 3 is 2.78 bits per heavy atom. The van der Waals surface area contributed by atoms with E-state index in [2.05, 4.69) is 10.4 Å². The van der Waals surface area contributed by atoms with Crippen molar-refractivity contribution in [2.45, 2.75) is 12.6 Å². The maximum absolute atomic E-state index is 13.6. The summed E-state index contributed by atoms with van der Waals surface area (Å²) in [5, 5.41) is 17.7. The first-order valence-electron chi connectivity index (χ1n) is 7.25. The number of rotatable bonds is 5. The summed E-state index contributed by atoms with van der Waals surface area (Å²) in [6.07, 6.45) is 0.603. The monoisotopic (exact) mass is 313 g/mol. The van der Waals surface area contributed by atoms with E-state index in [1.807, 2.05) is 24.3 Å². The molecule has 118 valence electrons. The number of carbonyl (C=O) groups excluding carboxylic acids is 1. The van der Waals surface area contributed by atoms with Gasteiger partial charge in [-0.05, 0) is 12.1 Å². The molecular weight excluding hydrogens is 297 g/mol. The van der Waals surface area contributed by atoms with Crippen molar-refractivity contribution in [2.24, 2.45) is 0 Å². The van der Waals surface area contributed by atoms with E-state index in [1.54, 1.807) is 23.0 Å². The molecule has 1 amide bonds. The predicted molar refractivity (Wildman–Crippen MR) is 84.1 cm³/mol. The number of nitrogens with one attached hydrogen (secondary N) is 1. The molecule has 0 fully saturated rings. The van der Waals surface area contributed by atoms with E-state index in [-0.39, 0.29) is 24.6 Å². The summed E-state index contributed by atoms with van der Waals surface area (Å²) >= 11 is 0. The lowest BCUT2D eigenvalue weighted by molar-refractivity contribution is -0.122. The van der Waals surface area contributed by atoms with Crippen LogP contribution in [0.1, 0.15) is 11.7 Å². The number of aliphatic hydroxyl groups excluding tert-OH is 1. The highest BCUT2D eigenvalue weighted by atomic mass is 19.1. The lowest BCUT2D eigenvalue weighted by Gasteiger charge is -2.13. The second kappa shape index (κ2) is 6.58. The van der Waals surface area contributed by atoms with E-state index in [0.717, 1.165) is 10.9 Å². The molecular formula is C17H16FN3O2. The number of hydrogen-bond donors (Lipinski definition) is 2. The van der Waals surface area contributed by atoms with Crippen LogP contribution in [0.4, 0.5) is 4.39 Å².